The first-order chi connectivity index (χ1) is 9.74. The minimum Gasteiger partial charge on any atom is -0.337 e. The molecule has 1 saturated heterocycles. The van der Waals surface area contributed by atoms with Gasteiger partial charge < -0.3 is 14.8 Å². The van der Waals surface area contributed by atoms with Crippen LogP contribution in [0.3, 0.4) is 0 Å². The molecule has 1 saturated carbocycles. The van der Waals surface area contributed by atoms with Crippen molar-refractivity contribution in [2.24, 2.45) is 7.05 Å². The summed E-state index contributed by atoms with van der Waals surface area (Å²) in [4.78, 5) is 21.2. The minimum absolute atomic E-state index is 0.248. The fourth-order valence-electron chi connectivity index (χ4n) is 2.66. The quantitative estimate of drug-likeness (QED) is 0.811. The van der Waals surface area contributed by atoms with Gasteiger partial charge in [0.15, 0.2) is 0 Å². The number of aryl methyl sites for hydroxylation is 1. The third-order valence-corrected chi connectivity index (χ3v) is 4.11. The van der Waals surface area contributed by atoms with Crippen LogP contribution in [0.25, 0.3) is 0 Å². The number of rotatable bonds is 5. The zero-order valence-corrected chi connectivity index (χ0v) is 12.1. The van der Waals surface area contributed by atoms with Crippen molar-refractivity contribution in [3.63, 3.8) is 0 Å². The molecule has 0 aromatic carbocycles. The lowest BCUT2D eigenvalue weighted by atomic mass is 10.3. The van der Waals surface area contributed by atoms with Crippen LogP contribution in [-0.2, 0) is 18.4 Å². The zero-order valence-electron chi connectivity index (χ0n) is 12.1. The normalized spacial score (nSPS) is 20.1. The van der Waals surface area contributed by atoms with Gasteiger partial charge in [-0.25, -0.2) is 4.98 Å². The molecule has 1 amide bonds. The number of imidazole rings is 1. The van der Waals surface area contributed by atoms with Crippen LogP contribution in [0.2, 0.25) is 0 Å². The van der Waals surface area contributed by atoms with E-state index in [4.69, 9.17) is 0 Å². The maximum absolute atomic E-state index is 12.6. The fourth-order valence-corrected chi connectivity index (χ4v) is 2.66. The fraction of sp³-hybridized carbons (Fsp3) is 0.714. The highest BCUT2D eigenvalue weighted by atomic mass is 16.2. The maximum Gasteiger partial charge on any atom is 0.237 e. The topological polar surface area (TPSA) is 53.4 Å². The van der Waals surface area contributed by atoms with Gasteiger partial charge in [0.05, 0.1) is 13.1 Å². The van der Waals surface area contributed by atoms with Crippen LogP contribution in [0.5, 0.6) is 0 Å². The number of hydrogen-bond donors (Lipinski definition) is 1. The molecule has 1 aromatic rings. The average Bonchev–Trinajstić information content (AvgIpc) is 3.21. The van der Waals surface area contributed by atoms with E-state index >= 15 is 0 Å². The molecule has 1 aromatic heterocycles. The Morgan fingerprint density at radius 2 is 2.20 bits per heavy atom. The SMILES string of the molecule is Cn1ccnc1CN(C(=O)CN1CCNCC1)C1CC1. The predicted molar refractivity (Wildman–Crippen MR) is 76.1 cm³/mol. The van der Waals surface area contributed by atoms with Crippen LogP contribution < -0.4 is 5.32 Å². The molecule has 2 aliphatic rings. The third-order valence-electron chi connectivity index (χ3n) is 4.11. The average molecular weight is 277 g/mol. The summed E-state index contributed by atoms with van der Waals surface area (Å²) in [5.74, 6) is 1.21. The number of nitrogens with one attached hydrogen (secondary N) is 1. The smallest absolute Gasteiger partial charge is 0.237 e. The molecule has 2 fully saturated rings. The second-order valence-electron chi connectivity index (χ2n) is 5.73. The first kappa shape index (κ1) is 13.6. The van der Waals surface area contributed by atoms with Crippen LogP contribution in [-0.4, -0.2) is 64.0 Å². The molecule has 1 aliphatic heterocycles. The summed E-state index contributed by atoms with van der Waals surface area (Å²) in [7, 11) is 1.98. The lowest BCUT2D eigenvalue weighted by Gasteiger charge is -2.30. The van der Waals surface area contributed by atoms with Crippen molar-refractivity contribution in [3.8, 4) is 0 Å². The van der Waals surface area contributed by atoms with Crippen LogP contribution in [0, 0.1) is 0 Å². The summed E-state index contributed by atoms with van der Waals surface area (Å²) in [5, 5.41) is 3.32. The van der Waals surface area contributed by atoms with Crippen molar-refractivity contribution in [3.05, 3.63) is 18.2 Å². The van der Waals surface area contributed by atoms with Crippen LogP contribution >= 0.6 is 0 Å². The Morgan fingerprint density at radius 1 is 1.45 bits per heavy atom. The van der Waals surface area contributed by atoms with Gasteiger partial charge >= 0.3 is 0 Å². The van der Waals surface area contributed by atoms with E-state index in [1.165, 1.54) is 0 Å². The second kappa shape index (κ2) is 5.93. The molecule has 1 N–H and O–H groups in total. The Balaban J connectivity index is 1.61. The van der Waals surface area contributed by atoms with Crippen molar-refractivity contribution < 1.29 is 4.79 Å². The summed E-state index contributed by atoms with van der Waals surface area (Å²) >= 11 is 0. The van der Waals surface area contributed by atoms with Crippen LogP contribution in [0.4, 0.5) is 0 Å². The first-order valence-electron chi connectivity index (χ1n) is 7.43. The largest absolute Gasteiger partial charge is 0.337 e. The Hall–Kier alpha value is -1.40. The van der Waals surface area contributed by atoms with E-state index in [1.54, 1.807) is 6.20 Å². The third kappa shape index (κ3) is 3.19. The Kier molecular flexibility index (Phi) is 4.03. The summed E-state index contributed by atoms with van der Waals surface area (Å²) in [5.41, 5.74) is 0. The first-order valence-corrected chi connectivity index (χ1v) is 7.43. The zero-order chi connectivity index (χ0) is 13.9. The lowest BCUT2D eigenvalue weighted by molar-refractivity contribution is -0.133. The van der Waals surface area contributed by atoms with Crippen molar-refractivity contribution in [2.75, 3.05) is 32.7 Å². The predicted octanol–water partition coefficient (Wildman–Crippen LogP) is -0.184. The number of carbonyl (C=O) groups is 1. The van der Waals surface area contributed by atoms with Gasteiger partial charge in [0.25, 0.3) is 0 Å². The van der Waals surface area contributed by atoms with Gasteiger partial charge in [-0.2, -0.15) is 0 Å². The number of carbonyl (C=O) groups excluding carboxylic acids is 1. The molecule has 0 atom stereocenters. The number of piperazine rings is 1. The van der Waals surface area contributed by atoms with Crippen molar-refractivity contribution in [1.29, 1.82) is 0 Å². The molecule has 110 valence electrons. The molecule has 0 unspecified atom stereocenters. The van der Waals surface area contributed by atoms with Crippen molar-refractivity contribution in [2.45, 2.75) is 25.4 Å². The number of hydrogen-bond acceptors (Lipinski definition) is 4. The number of nitrogens with zero attached hydrogens (tertiary/aromatic N) is 4. The summed E-state index contributed by atoms with van der Waals surface area (Å²) in [6, 6.07) is 0.433. The van der Waals surface area contributed by atoms with Crippen molar-refractivity contribution in [1.82, 2.24) is 24.7 Å². The van der Waals surface area contributed by atoms with Gasteiger partial charge in [-0.05, 0) is 12.8 Å². The second-order valence-corrected chi connectivity index (χ2v) is 5.73. The minimum atomic E-state index is 0.248. The Labute approximate surface area is 119 Å². The molecule has 2 heterocycles. The van der Waals surface area contributed by atoms with Gasteiger partial charge in [0.2, 0.25) is 5.91 Å². The molecule has 0 radical (unpaired) electrons. The highest BCUT2D eigenvalue weighted by Crippen LogP contribution is 2.28. The monoisotopic (exact) mass is 277 g/mol. The molecule has 3 rings (SSSR count). The van der Waals surface area contributed by atoms with E-state index < -0.39 is 0 Å². The van der Waals surface area contributed by atoms with E-state index in [-0.39, 0.29) is 5.91 Å². The highest BCUT2D eigenvalue weighted by Gasteiger charge is 2.33. The van der Waals surface area contributed by atoms with Gasteiger partial charge in [-0.15, -0.1) is 0 Å². The number of amides is 1. The molecule has 1 aliphatic carbocycles. The summed E-state index contributed by atoms with van der Waals surface area (Å²) in [6.07, 6.45) is 6.00. The summed E-state index contributed by atoms with van der Waals surface area (Å²) in [6.45, 7) is 5.08. The molecule has 6 heteroatoms. The van der Waals surface area contributed by atoms with Gasteiger partial charge in [-0.3, -0.25) is 9.69 Å². The van der Waals surface area contributed by atoms with Gasteiger partial charge in [-0.1, -0.05) is 0 Å². The molecular weight excluding hydrogens is 254 g/mol. The molecular formula is C14H23N5O. The van der Waals surface area contributed by atoms with Gasteiger partial charge in [0.1, 0.15) is 5.82 Å². The Bertz CT molecular complexity index is 462. The van der Waals surface area contributed by atoms with Gasteiger partial charge in [0, 0.05) is 51.7 Å². The summed E-state index contributed by atoms with van der Waals surface area (Å²) < 4.78 is 1.99. The molecule has 20 heavy (non-hydrogen) atoms. The van der Waals surface area contributed by atoms with Crippen molar-refractivity contribution >= 4 is 5.91 Å². The van der Waals surface area contributed by atoms with E-state index in [9.17, 15) is 4.79 Å². The highest BCUT2D eigenvalue weighted by molar-refractivity contribution is 5.78. The van der Waals surface area contributed by atoms with E-state index in [1.807, 2.05) is 22.7 Å². The van der Waals surface area contributed by atoms with E-state index in [0.29, 0.717) is 19.1 Å². The maximum atomic E-state index is 12.6. The lowest BCUT2D eigenvalue weighted by Crippen LogP contribution is -2.48. The molecule has 0 bridgehead atoms. The van der Waals surface area contributed by atoms with E-state index in [0.717, 1.165) is 44.8 Å². The molecule has 0 spiro atoms. The van der Waals surface area contributed by atoms with E-state index in [2.05, 4.69) is 15.2 Å². The number of aromatic nitrogens is 2. The standard InChI is InChI=1S/C14H23N5O/c1-17-7-6-16-13(17)10-19(12-2-3-12)14(20)11-18-8-4-15-5-9-18/h6-7,12,15H,2-5,8-11H2,1H3. The Morgan fingerprint density at radius 3 is 2.80 bits per heavy atom. The van der Waals surface area contributed by atoms with Crippen LogP contribution in [0.1, 0.15) is 18.7 Å². The molecule has 6 nitrogen and oxygen atoms in total. The van der Waals surface area contributed by atoms with Crippen LogP contribution in [0.15, 0.2) is 12.4 Å².